The highest BCUT2D eigenvalue weighted by Crippen LogP contribution is 2.37. The summed E-state index contributed by atoms with van der Waals surface area (Å²) in [5, 5.41) is 0. The van der Waals surface area contributed by atoms with Crippen molar-refractivity contribution in [3.63, 3.8) is 0 Å². The van der Waals surface area contributed by atoms with Crippen LogP contribution in [0.3, 0.4) is 0 Å². The Labute approximate surface area is 117 Å². The summed E-state index contributed by atoms with van der Waals surface area (Å²) >= 11 is 3.28. The van der Waals surface area contributed by atoms with Gasteiger partial charge in [0.1, 0.15) is 5.78 Å². The first-order chi connectivity index (χ1) is 8.79. The Morgan fingerprint density at radius 1 is 1.37 bits per heavy atom. The molecule has 0 spiro atoms. The van der Waals surface area contributed by atoms with Gasteiger partial charge in [-0.2, -0.15) is 13.2 Å². The number of hydrogen-bond donors (Lipinski definition) is 0. The fraction of sp³-hybridized carbons (Fsp3) is 0.462. The Morgan fingerprint density at radius 3 is 2.63 bits per heavy atom. The molecule has 104 valence electrons. The predicted molar refractivity (Wildman–Crippen MR) is 70.2 cm³/mol. The normalized spacial score (nSPS) is 20.8. The van der Waals surface area contributed by atoms with Gasteiger partial charge in [0, 0.05) is 29.9 Å². The molecule has 0 N–H and O–H groups in total. The monoisotopic (exact) mass is 335 g/mol. The van der Waals surface area contributed by atoms with Gasteiger partial charge in [-0.3, -0.25) is 4.79 Å². The van der Waals surface area contributed by atoms with Crippen LogP contribution in [0.4, 0.5) is 18.9 Å². The number of halogens is 4. The minimum absolute atomic E-state index is 0.0824. The van der Waals surface area contributed by atoms with Crippen LogP contribution in [0.1, 0.15) is 25.3 Å². The van der Waals surface area contributed by atoms with Crippen molar-refractivity contribution in [1.29, 1.82) is 0 Å². The Balaban J connectivity index is 2.36. The molecule has 1 aromatic rings. The third-order valence-electron chi connectivity index (χ3n) is 3.27. The van der Waals surface area contributed by atoms with Gasteiger partial charge in [0.15, 0.2) is 0 Å². The van der Waals surface area contributed by atoms with Crippen molar-refractivity contribution in [2.75, 3.05) is 11.4 Å². The van der Waals surface area contributed by atoms with Crippen molar-refractivity contribution >= 4 is 27.4 Å². The molecule has 0 saturated carbocycles. The number of nitrogens with zero attached hydrogens (tertiary/aromatic N) is 1. The summed E-state index contributed by atoms with van der Waals surface area (Å²) in [6, 6.07) is 3.51. The average Bonchev–Trinajstić information content (AvgIpc) is 2.29. The molecule has 1 unspecified atom stereocenters. The highest BCUT2D eigenvalue weighted by molar-refractivity contribution is 9.10. The van der Waals surface area contributed by atoms with Gasteiger partial charge in [0.2, 0.25) is 0 Å². The van der Waals surface area contributed by atoms with Crippen LogP contribution >= 0.6 is 15.9 Å². The van der Waals surface area contributed by atoms with E-state index in [9.17, 15) is 18.0 Å². The molecule has 1 heterocycles. The van der Waals surface area contributed by atoms with E-state index >= 15 is 0 Å². The topological polar surface area (TPSA) is 20.3 Å². The zero-order chi connectivity index (χ0) is 14.2. The first-order valence-electron chi connectivity index (χ1n) is 5.94. The number of hydrogen-bond acceptors (Lipinski definition) is 2. The maximum Gasteiger partial charge on any atom is 0.416 e. The third kappa shape index (κ3) is 3.11. The van der Waals surface area contributed by atoms with Crippen LogP contribution in [0, 0.1) is 0 Å². The maximum atomic E-state index is 12.7. The van der Waals surface area contributed by atoms with Gasteiger partial charge >= 0.3 is 6.18 Å². The lowest BCUT2D eigenvalue weighted by molar-refractivity contribution is -0.137. The van der Waals surface area contributed by atoms with Crippen molar-refractivity contribution in [1.82, 2.24) is 0 Å². The van der Waals surface area contributed by atoms with Crippen molar-refractivity contribution in [2.24, 2.45) is 0 Å². The van der Waals surface area contributed by atoms with Gasteiger partial charge in [0.25, 0.3) is 0 Å². The predicted octanol–water partition coefficient (Wildman–Crippen LogP) is 4.03. The summed E-state index contributed by atoms with van der Waals surface area (Å²) in [4.78, 5) is 13.2. The molecule has 1 saturated heterocycles. The van der Waals surface area contributed by atoms with Crippen molar-refractivity contribution in [3.8, 4) is 0 Å². The quantitative estimate of drug-likeness (QED) is 0.772. The molecular weight excluding hydrogens is 323 g/mol. The second-order valence-corrected chi connectivity index (χ2v) is 5.55. The molecule has 1 fully saturated rings. The lowest BCUT2D eigenvalue weighted by atomic mass is 10.0. The Kier molecular flexibility index (Phi) is 3.90. The number of carbonyl (C=O) groups is 1. The first kappa shape index (κ1) is 14.4. The number of Topliss-reactive ketones (excluding diaryl/α,β-unsaturated/α-hetero) is 1. The minimum Gasteiger partial charge on any atom is -0.367 e. The van der Waals surface area contributed by atoms with Gasteiger partial charge in [-0.1, -0.05) is 0 Å². The van der Waals surface area contributed by atoms with Crippen LogP contribution in [0.25, 0.3) is 0 Å². The molecule has 0 radical (unpaired) electrons. The summed E-state index contributed by atoms with van der Waals surface area (Å²) in [5.41, 5.74) is -0.176. The van der Waals surface area contributed by atoms with Crippen LogP contribution in [-0.4, -0.2) is 18.4 Å². The number of carbonyl (C=O) groups excluding carboxylic acids is 1. The van der Waals surface area contributed by atoms with E-state index in [0.717, 1.165) is 12.1 Å². The molecule has 1 aliphatic rings. The highest BCUT2D eigenvalue weighted by Gasteiger charge is 2.32. The minimum atomic E-state index is -4.36. The van der Waals surface area contributed by atoms with Crippen LogP contribution in [-0.2, 0) is 11.0 Å². The lowest BCUT2D eigenvalue weighted by Crippen LogP contribution is -2.41. The number of anilines is 1. The smallest absolute Gasteiger partial charge is 0.367 e. The van der Waals surface area contributed by atoms with E-state index in [2.05, 4.69) is 15.9 Å². The number of piperidine rings is 1. The van der Waals surface area contributed by atoms with Crippen LogP contribution in [0.2, 0.25) is 0 Å². The van der Waals surface area contributed by atoms with Crippen LogP contribution in [0.15, 0.2) is 22.7 Å². The summed E-state index contributed by atoms with van der Waals surface area (Å²) in [7, 11) is 0. The Morgan fingerprint density at radius 2 is 2.05 bits per heavy atom. The zero-order valence-electron chi connectivity index (χ0n) is 10.3. The van der Waals surface area contributed by atoms with Crippen molar-refractivity contribution in [3.05, 3.63) is 28.2 Å². The van der Waals surface area contributed by atoms with E-state index in [1.807, 2.05) is 11.8 Å². The van der Waals surface area contributed by atoms with E-state index in [-0.39, 0.29) is 11.8 Å². The summed E-state index contributed by atoms with van der Waals surface area (Å²) in [6.45, 7) is 2.31. The lowest BCUT2D eigenvalue weighted by Gasteiger charge is -2.35. The van der Waals surface area contributed by atoms with Crippen LogP contribution < -0.4 is 4.90 Å². The molecule has 1 aliphatic heterocycles. The molecule has 2 rings (SSSR count). The van der Waals surface area contributed by atoms with Gasteiger partial charge in [-0.25, -0.2) is 0 Å². The van der Waals surface area contributed by atoms with Gasteiger partial charge in [-0.05, 0) is 41.1 Å². The van der Waals surface area contributed by atoms with E-state index in [1.165, 1.54) is 6.07 Å². The summed E-state index contributed by atoms with van der Waals surface area (Å²) in [6.07, 6.45) is -3.60. The fourth-order valence-corrected chi connectivity index (χ4v) is 2.75. The number of alkyl halides is 3. The van der Waals surface area contributed by atoms with Crippen LogP contribution in [0.5, 0.6) is 0 Å². The molecule has 0 amide bonds. The first-order valence-corrected chi connectivity index (χ1v) is 6.73. The number of benzene rings is 1. The molecule has 0 bridgehead atoms. The van der Waals surface area contributed by atoms with Crippen molar-refractivity contribution in [2.45, 2.75) is 32.0 Å². The molecule has 0 aliphatic carbocycles. The SMILES string of the molecule is CC1CC(=O)CCN1c1cc(C(F)(F)F)ccc1Br. The Bertz CT molecular complexity index is 501. The maximum absolute atomic E-state index is 12.7. The highest BCUT2D eigenvalue weighted by atomic mass is 79.9. The third-order valence-corrected chi connectivity index (χ3v) is 3.94. The molecule has 1 aromatic carbocycles. The number of rotatable bonds is 1. The zero-order valence-corrected chi connectivity index (χ0v) is 11.9. The molecule has 2 nitrogen and oxygen atoms in total. The molecule has 19 heavy (non-hydrogen) atoms. The second-order valence-electron chi connectivity index (χ2n) is 4.70. The molecular formula is C13H13BrF3NO. The van der Waals surface area contributed by atoms with E-state index < -0.39 is 11.7 Å². The van der Waals surface area contributed by atoms with Crippen molar-refractivity contribution < 1.29 is 18.0 Å². The van der Waals surface area contributed by atoms with Gasteiger partial charge < -0.3 is 4.90 Å². The largest absolute Gasteiger partial charge is 0.416 e. The fourth-order valence-electron chi connectivity index (χ4n) is 2.27. The van der Waals surface area contributed by atoms with E-state index in [1.54, 1.807) is 0 Å². The second kappa shape index (κ2) is 5.15. The molecule has 1 atom stereocenters. The summed E-state index contributed by atoms with van der Waals surface area (Å²) < 4.78 is 38.8. The summed E-state index contributed by atoms with van der Waals surface area (Å²) in [5.74, 6) is 0.159. The van der Waals surface area contributed by atoms with E-state index in [0.29, 0.717) is 29.5 Å². The van der Waals surface area contributed by atoms with Gasteiger partial charge in [-0.15, -0.1) is 0 Å². The molecule has 6 heteroatoms. The Hall–Kier alpha value is -1.04. The standard InChI is InChI=1S/C13H13BrF3NO/c1-8-6-10(19)4-5-18(8)12-7-9(13(15,16)17)2-3-11(12)14/h2-3,7-8H,4-6H2,1H3. The van der Waals surface area contributed by atoms with Gasteiger partial charge in [0.05, 0.1) is 11.3 Å². The number of ketones is 1. The molecule has 0 aromatic heterocycles. The van der Waals surface area contributed by atoms with E-state index in [4.69, 9.17) is 0 Å². The average molecular weight is 336 g/mol.